The number of benzene rings is 1. The molecule has 21 heavy (non-hydrogen) atoms. The monoisotopic (exact) mass is 284 g/mol. The van der Waals surface area contributed by atoms with Crippen LogP contribution in [0.3, 0.4) is 0 Å². The minimum atomic E-state index is 0.279. The van der Waals surface area contributed by atoms with Crippen LogP contribution in [0.4, 0.5) is 0 Å². The molecule has 0 aliphatic carbocycles. The fourth-order valence-corrected chi connectivity index (χ4v) is 3.12. The number of H-pyrrole nitrogens is 1. The van der Waals surface area contributed by atoms with Gasteiger partial charge in [-0.2, -0.15) is 0 Å². The first-order valence-corrected chi connectivity index (χ1v) is 7.83. The molecule has 0 spiro atoms. The topological polar surface area (TPSA) is 44.0 Å². The summed E-state index contributed by atoms with van der Waals surface area (Å²) in [4.78, 5) is 10.1. The molecule has 4 nitrogen and oxygen atoms in total. The number of nitrogens with zero attached hydrogens (tertiary/aromatic N) is 2. The lowest BCUT2D eigenvalue weighted by molar-refractivity contribution is 0.176. The van der Waals surface area contributed by atoms with E-state index in [0.29, 0.717) is 6.04 Å². The number of piperidine rings is 1. The third-order valence-electron chi connectivity index (χ3n) is 4.17. The zero-order chi connectivity index (χ0) is 14.5. The highest BCUT2D eigenvalue weighted by Crippen LogP contribution is 2.16. The van der Waals surface area contributed by atoms with Gasteiger partial charge in [0.2, 0.25) is 0 Å². The lowest BCUT2D eigenvalue weighted by atomic mass is 10.0. The number of likely N-dealkylation sites (tertiary alicyclic amines) is 1. The quantitative estimate of drug-likeness (QED) is 0.887. The van der Waals surface area contributed by atoms with E-state index in [4.69, 9.17) is 0 Å². The molecule has 1 fully saturated rings. The van der Waals surface area contributed by atoms with Crippen molar-refractivity contribution in [2.24, 2.45) is 0 Å². The Bertz CT molecular complexity index is 523. The second kappa shape index (κ2) is 6.87. The van der Waals surface area contributed by atoms with Crippen molar-refractivity contribution < 1.29 is 0 Å². The standard InChI is InChI=1S/C17H24N4/c1-14(17-18-9-10-19-17)20-16-8-5-11-21(13-16)12-15-6-3-2-4-7-15/h2-4,6-7,9-10,14,16,20H,5,8,11-13H2,1H3,(H,18,19). The first-order chi connectivity index (χ1) is 10.3. The predicted octanol–water partition coefficient (Wildman–Crippen LogP) is 2.72. The van der Waals surface area contributed by atoms with Crippen molar-refractivity contribution in [3.05, 3.63) is 54.1 Å². The van der Waals surface area contributed by atoms with Crippen LogP contribution < -0.4 is 5.32 Å². The van der Waals surface area contributed by atoms with Gasteiger partial charge in [0.15, 0.2) is 0 Å². The zero-order valence-electron chi connectivity index (χ0n) is 12.6. The molecule has 0 radical (unpaired) electrons. The fourth-order valence-electron chi connectivity index (χ4n) is 3.12. The molecule has 0 saturated carbocycles. The molecule has 4 heteroatoms. The number of imidazole rings is 1. The van der Waals surface area contributed by atoms with Crippen molar-refractivity contribution in [1.82, 2.24) is 20.2 Å². The number of aromatic amines is 1. The Morgan fingerprint density at radius 2 is 2.24 bits per heavy atom. The Labute approximate surface area is 126 Å². The van der Waals surface area contributed by atoms with Gasteiger partial charge in [0.1, 0.15) is 5.82 Å². The van der Waals surface area contributed by atoms with Gasteiger partial charge in [0.25, 0.3) is 0 Å². The Balaban J connectivity index is 1.53. The third-order valence-corrected chi connectivity index (χ3v) is 4.17. The van der Waals surface area contributed by atoms with Crippen LogP contribution >= 0.6 is 0 Å². The van der Waals surface area contributed by atoms with Crippen LogP contribution in [0, 0.1) is 0 Å². The minimum absolute atomic E-state index is 0.279. The molecule has 3 rings (SSSR count). The lowest BCUT2D eigenvalue weighted by Crippen LogP contribution is -2.46. The summed E-state index contributed by atoms with van der Waals surface area (Å²) in [5, 5.41) is 3.70. The molecule has 112 valence electrons. The van der Waals surface area contributed by atoms with Crippen molar-refractivity contribution in [2.75, 3.05) is 13.1 Å². The summed E-state index contributed by atoms with van der Waals surface area (Å²) in [6.07, 6.45) is 6.21. The lowest BCUT2D eigenvalue weighted by Gasteiger charge is -2.34. The summed E-state index contributed by atoms with van der Waals surface area (Å²) in [6, 6.07) is 11.6. The van der Waals surface area contributed by atoms with Crippen molar-refractivity contribution in [3.63, 3.8) is 0 Å². The molecular formula is C17H24N4. The van der Waals surface area contributed by atoms with Gasteiger partial charge in [-0.25, -0.2) is 4.98 Å². The highest BCUT2D eigenvalue weighted by molar-refractivity contribution is 5.14. The van der Waals surface area contributed by atoms with E-state index in [2.05, 4.69) is 57.4 Å². The number of rotatable bonds is 5. The number of nitrogens with one attached hydrogen (secondary N) is 2. The van der Waals surface area contributed by atoms with Gasteiger partial charge in [-0.05, 0) is 31.9 Å². The van der Waals surface area contributed by atoms with Gasteiger partial charge < -0.3 is 10.3 Å². The van der Waals surface area contributed by atoms with Gasteiger partial charge in [-0.3, -0.25) is 4.90 Å². The molecule has 2 heterocycles. The SMILES string of the molecule is CC(NC1CCCN(Cc2ccccc2)C1)c1ncc[nH]1. The largest absolute Gasteiger partial charge is 0.347 e. The maximum atomic E-state index is 4.34. The number of hydrogen-bond donors (Lipinski definition) is 2. The van der Waals surface area contributed by atoms with Gasteiger partial charge >= 0.3 is 0 Å². The van der Waals surface area contributed by atoms with E-state index in [1.165, 1.54) is 24.9 Å². The zero-order valence-corrected chi connectivity index (χ0v) is 12.6. The Hall–Kier alpha value is -1.65. The average Bonchev–Trinajstić information content (AvgIpc) is 3.03. The summed E-state index contributed by atoms with van der Waals surface area (Å²) in [5.74, 6) is 1.02. The molecule has 1 aliphatic heterocycles. The molecule has 2 atom stereocenters. The number of aromatic nitrogens is 2. The maximum Gasteiger partial charge on any atom is 0.122 e. The van der Waals surface area contributed by atoms with Crippen LogP contribution in [0.2, 0.25) is 0 Å². The summed E-state index contributed by atoms with van der Waals surface area (Å²) in [7, 11) is 0. The van der Waals surface area contributed by atoms with Crippen LogP contribution in [0.15, 0.2) is 42.7 Å². The third kappa shape index (κ3) is 3.93. The summed E-state index contributed by atoms with van der Waals surface area (Å²) in [5.41, 5.74) is 1.40. The smallest absolute Gasteiger partial charge is 0.122 e. The highest BCUT2D eigenvalue weighted by Gasteiger charge is 2.22. The van der Waals surface area contributed by atoms with E-state index in [1.54, 1.807) is 0 Å². The first-order valence-electron chi connectivity index (χ1n) is 7.83. The Morgan fingerprint density at radius 1 is 1.38 bits per heavy atom. The molecule has 0 amide bonds. The second-order valence-electron chi connectivity index (χ2n) is 5.92. The van der Waals surface area contributed by atoms with Crippen LogP contribution in [0.25, 0.3) is 0 Å². The Morgan fingerprint density at radius 3 is 3.00 bits per heavy atom. The number of hydrogen-bond acceptors (Lipinski definition) is 3. The van der Waals surface area contributed by atoms with Crippen LogP contribution in [-0.4, -0.2) is 34.0 Å². The van der Waals surface area contributed by atoms with Gasteiger partial charge in [0, 0.05) is 31.5 Å². The van der Waals surface area contributed by atoms with Crippen LogP contribution in [0.5, 0.6) is 0 Å². The van der Waals surface area contributed by atoms with Crippen molar-refractivity contribution >= 4 is 0 Å². The van der Waals surface area contributed by atoms with Crippen molar-refractivity contribution in [1.29, 1.82) is 0 Å². The first kappa shape index (κ1) is 14.3. The van der Waals surface area contributed by atoms with Crippen LogP contribution in [0.1, 0.15) is 37.2 Å². The van der Waals surface area contributed by atoms with E-state index in [0.717, 1.165) is 18.9 Å². The summed E-state index contributed by atoms with van der Waals surface area (Å²) in [6.45, 7) is 5.53. The van der Waals surface area contributed by atoms with Gasteiger partial charge in [0.05, 0.1) is 6.04 Å². The molecule has 1 saturated heterocycles. The fraction of sp³-hybridized carbons (Fsp3) is 0.471. The minimum Gasteiger partial charge on any atom is -0.347 e. The molecule has 1 aliphatic rings. The highest BCUT2D eigenvalue weighted by atomic mass is 15.2. The predicted molar refractivity (Wildman–Crippen MR) is 84.9 cm³/mol. The normalized spacial score (nSPS) is 21.3. The summed E-state index contributed by atoms with van der Waals surface area (Å²) < 4.78 is 0. The van der Waals surface area contributed by atoms with Gasteiger partial charge in [-0.1, -0.05) is 30.3 Å². The average molecular weight is 284 g/mol. The van der Waals surface area contributed by atoms with E-state index in [-0.39, 0.29) is 6.04 Å². The molecule has 2 N–H and O–H groups in total. The Kier molecular flexibility index (Phi) is 4.68. The molecule has 2 unspecified atom stereocenters. The van der Waals surface area contributed by atoms with E-state index >= 15 is 0 Å². The molecule has 2 aromatic rings. The van der Waals surface area contributed by atoms with Crippen LogP contribution in [-0.2, 0) is 6.54 Å². The second-order valence-corrected chi connectivity index (χ2v) is 5.92. The van der Waals surface area contributed by atoms with E-state index < -0.39 is 0 Å². The van der Waals surface area contributed by atoms with Gasteiger partial charge in [-0.15, -0.1) is 0 Å². The molecular weight excluding hydrogens is 260 g/mol. The van der Waals surface area contributed by atoms with Crippen molar-refractivity contribution in [3.8, 4) is 0 Å². The van der Waals surface area contributed by atoms with Crippen molar-refractivity contribution in [2.45, 2.75) is 38.4 Å². The van der Waals surface area contributed by atoms with E-state index in [1.807, 2.05) is 12.4 Å². The molecule has 1 aromatic carbocycles. The molecule has 1 aromatic heterocycles. The maximum absolute atomic E-state index is 4.34. The van der Waals surface area contributed by atoms with E-state index in [9.17, 15) is 0 Å². The summed E-state index contributed by atoms with van der Waals surface area (Å²) >= 11 is 0. The molecule has 0 bridgehead atoms.